The summed E-state index contributed by atoms with van der Waals surface area (Å²) in [6.45, 7) is 0.206. The molecule has 102 valence electrons. The van der Waals surface area contributed by atoms with Gasteiger partial charge in [0.2, 0.25) is 0 Å². The second kappa shape index (κ2) is 5.10. The quantitative estimate of drug-likeness (QED) is 0.782. The predicted molar refractivity (Wildman–Crippen MR) is 75.9 cm³/mol. The summed E-state index contributed by atoms with van der Waals surface area (Å²) < 4.78 is 8.27. The van der Waals surface area contributed by atoms with E-state index in [0.29, 0.717) is 16.0 Å². The summed E-state index contributed by atoms with van der Waals surface area (Å²) in [5.41, 5.74) is 0.748. The highest BCUT2D eigenvalue weighted by molar-refractivity contribution is 7.17. The Balaban J connectivity index is 1.85. The van der Waals surface area contributed by atoms with Crippen LogP contribution in [-0.4, -0.2) is 36.6 Å². The van der Waals surface area contributed by atoms with E-state index >= 15 is 0 Å². The van der Waals surface area contributed by atoms with Gasteiger partial charge in [0.1, 0.15) is 10.5 Å². The zero-order valence-electron chi connectivity index (χ0n) is 10.4. The van der Waals surface area contributed by atoms with Crippen molar-refractivity contribution >= 4 is 39.2 Å². The summed E-state index contributed by atoms with van der Waals surface area (Å²) in [6, 6.07) is 1.78. The Morgan fingerprint density at radius 3 is 3.10 bits per heavy atom. The van der Waals surface area contributed by atoms with Crippen molar-refractivity contribution in [3.63, 3.8) is 0 Å². The Hall–Kier alpha value is -2.13. The number of rotatable bonds is 3. The van der Waals surface area contributed by atoms with Crippen LogP contribution >= 0.6 is 23.1 Å². The van der Waals surface area contributed by atoms with Gasteiger partial charge >= 0.3 is 0 Å². The van der Waals surface area contributed by atoms with Gasteiger partial charge in [-0.2, -0.15) is 8.75 Å². The fraction of sp³-hybridized carbons (Fsp3) is 0.182. The molecule has 1 N–H and O–H groups in total. The summed E-state index contributed by atoms with van der Waals surface area (Å²) >= 11 is 2.32. The van der Waals surface area contributed by atoms with Crippen molar-refractivity contribution in [2.24, 2.45) is 0 Å². The minimum Gasteiger partial charge on any atom is -0.333 e. The molecule has 1 amide bonds. The second-order valence-electron chi connectivity index (χ2n) is 4.10. The minimum absolute atomic E-state index is 0.184. The van der Waals surface area contributed by atoms with Crippen molar-refractivity contribution in [1.29, 1.82) is 0 Å². The molecule has 0 aliphatic rings. The van der Waals surface area contributed by atoms with Gasteiger partial charge in [-0.15, -0.1) is 11.3 Å². The first-order valence-electron chi connectivity index (χ1n) is 5.64. The van der Waals surface area contributed by atoms with Gasteiger partial charge in [-0.25, -0.2) is 4.98 Å². The lowest BCUT2D eigenvalue weighted by molar-refractivity contribution is 0.0777. The number of nitrogens with one attached hydrogen (secondary N) is 1. The van der Waals surface area contributed by atoms with E-state index in [-0.39, 0.29) is 23.7 Å². The first-order chi connectivity index (χ1) is 9.65. The Kier molecular flexibility index (Phi) is 3.28. The van der Waals surface area contributed by atoms with E-state index in [0.717, 1.165) is 11.7 Å². The molecule has 0 saturated carbocycles. The topological polar surface area (TPSA) is 91.8 Å². The van der Waals surface area contributed by atoms with Crippen molar-refractivity contribution in [2.45, 2.75) is 6.54 Å². The van der Waals surface area contributed by atoms with Gasteiger partial charge < -0.3 is 9.88 Å². The van der Waals surface area contributed by atoms with E-state index in [1.807, 2.05) is 5.38 Å². The number of aromatic amines is 1. The largest absolute Gasteiger partial charge is 0.333 e. The van der Waals surface area contributed by atoms with E-state index in [4.69, 9.17) is 0 Å². The van der Waals surface area contributed by atoms with Gasteiger partial charge in [0, 0.05) is 7.05 Å². The van der Waals surface area contributed by atoms with Crippen molar-refractivity contribution in [2.75, 3.05) is 7.05 Å². The molecule has 3 aromatic rings. The molecule has 0 bridgehead atoms. The number of hydrogen-bond acceptors (Lipinski definition) is 7. The lowest BCUT2D eigenvalue weighted by atomic mass is 10.4. The Morgan fingerprint density at radius 2 is 2.35 bits per heavy atom. The van der Waals surface area contributed by atoms with Crippen LogP contribution in [0.5, 0.6) is 0 Å². The molecule has 0 saturated heterocycles. The lowest BCUT2D eigenvalue weighted by Crippen LogP contribution is -2.28. The molecule has 0 unspecified atom stereocenters. The van der Waals surface area contributed by atoms with Crippen LogP contribution in [0.25, 0.3) is 10.2 Å². The Bertz CT molecular complexity index is 808. The van der Waals surface area contributed by atoms with Gasteiger partial charge in [0.25, 0.3) is 11.5 Å². The first-order valence-corrected chi connectivity index (χ1v) is 7.25. The fourth-order valence-corrected chi connectivity index (χ4v) is 2.88. The number of H-pyrrole nitrogens is 1. The van der Waals surface area contributed by atoms with Crippen molar-refractivity contribution in [3.05, 3.63) is 39.5 Å². The van der Waals surface area contributed by atoms with E-state index in [2.05, 4.69) is 18.7 Å². The third kappa shape index (κ3) is 2.32. The Labute approximate surface area is 121 Å². The van der Waals surface area contributed by atoms with Crippen LogP contribution in [-0.2, 0) is 6.54 Å². The van der Waals surface area contributed by atoms with Crippen LogP contribution in [0.15, 0.2) is 22.4 Å². The summed E-state index contributed by atoms with van der Waals surface area (Å²) in [6.07, 6.45) is 1.42. The number of nitrogens with zero attached hydrogens (tertiary/aromatic N) is 4. The molecular formula is C11H9N5O2S2. The molecule has 0 radical (unpaired) electrons. The maximum atomic E-state index is 12.0. The van der Waals surface area contributed by atoms with E-state index in [1.54, 1.807) is 13.1 Å². The highest BCUT2D eigenvalue weighted by Crippen LogP contribution is 2.14. The minimum atomic E-state index is -0.258. The van der Waals surface area contributed by atoms with E-state index in [9.17, 15) is 9.59 Å². The lowest BCUT2D eigenvalue weighted by Gasteiger charge is -2.14. The molecule has 0 aliphatic heterocycles. The number of aromatic nitrogens is 4. The van der Waals surface area contributed by atoms with Gasteiger partial charge in [0.05, 0.1) is 30.0 Å². The molecule has 3 aromatic heterocycles. The molecular weight excluding hydrogens is 298 g/mol. The molecule has 7 nitrogen and oxygen atoms in total. The standard InChI is InChI=1S/C11H9N5O2S2/c1-16(11(18)7-4-12-20-15-7)5-8-13-6-2-3-19-9(6)10(17)14-8/h2-4H,5H2,1H3,(H,13,14,17). The monoisotopic (exact) mass is 307 g/mol. The second-order valence-corrected chi connectivity index (χ2v) is 5.57. The molecule has 0 fully saturated rings. The number of amides is 1. The molecule has 9 heteroatoms. The molecule has 0 spiro atoms. The third-order valence-electron chi connectivity index (χ3n) is 2.68. The summed E-state index contributed by atoms with van der Waals surface area (Å²) in [7, 11) is 1.62. The summed E-state index contributed by atoms with van der Waals surface area (Å²) in [5.74, 6) is 0.187. The number of carbonyl (C=O) groups excluding carboxylic acids is 1. The smallest absolute Gasteiger partial charge is 0.275 e. The predicted octanol–water partition coefficient (Wildman–Crippen LogP) is 1.11. The van der Waals surface area contributed by atoms with E-state index in [1.165, 1.54) is 22.4 Å². The summed E-state index contributed by atoms with van der Waals surface area (Å²) in [5, 5.41) is 1.81. The molecule has 0 aromatic carbocycles. The number of fused-ring (bicyclic) bond motifs is 1. The third-order valence-corrected chi connectivity index (χ3v) is 4.06. The number of hydrogen-bond donors (Lipinski definition) is 1. The normalized spacial score (nSPS) is 10.8. The summed E-state index contributed by atoms with van der Waals surface area (Å²) in [4.78, 5) is 32.3. The Morgan fingerprint density at radius 1 is 1.50 bits per heavy atom. The average molecular weight is 307 g/mol. The molecule has 20 heavy (non-hydrogen) atoms. The zero-order chi connectivity index (χ0) is 14.1. The number of carbonyl (C=O) groups is 1. The molecule has 3 heterocycles. The van der Waals surface area contributed by atoms with Crippen LogP contribution in [0.4, 0.5) is 0 Å². The fourth-order valence-electron chi connectivity index (χ4n) is 1.75. The van der Waals surface area contributed by atoms with Crippen molar-refractivity contribution < 1.29 is 4.79 Å². The van der Waals surface area contributed by atoms with Crippen LogP contribution in [0, 0.1) is 0 Å². The highest BCUT2D eigenvalue weighted by atomic mass is 32.1. The molecule has 0 atom stereocenters. The number of thiophene rings is 1. The van der Waals surface area contributed by atoms with Crippen molar-refractivity contribution in [1.82, 2.24) is 23.6 Å². The maximum Gasteiger partial charge on any atom is 0.275 e. The average Bonchev–Trinajstić information content (AvgIpc) is 3.08. The highest BCUT2D eigenvalue weighted by Gasteiger charge is 2.16. The van der Waals surface area contributed by atoms with Crippen LogP contribution in [0.1, 0.15) is 16.3 Å². The van der Waals surface area contributed by atoms with Crippen LogP contribution < -0.4 is 5.56 Å². The zero-order valence-corrected chi connectivity index (χ0v) is 12.0. The van der Waals surface area contributed by atoms with Gasteiger partial charge in [-0.05, 0) is 11.4 Å². The SMILES string of the molecule is CN(Cc1nc2ccsc2c(=O)[nH]1)C(=O)c1cnsn1. The van der Waals surface area contributed by atoms with Gasteiger partial charge in [0.15, 0.2) is 5.69 Å². The molecule has 3 rings (SSSR count). The van der Waals surface area contributed by atoms with Gasteiger partial charge in [-0.1, -0.05) is 0 Å². The van der Waals surface area contributed by atoms with Crippen LogP contribution in [0.3, 0.4) is 0 Å². The van der Waals surface area contributed by atoms with Crippen molar-refractivity contribution in [3.8, 4) is 0 Å². The van der Waals surface area contributed by atoms with Gasteiger partial charge in [-0.3, -0.25) is 9.59 Å². The maximum absolute atomic E-state index is 12.0. The van der Waals surface area contributed by atoms with Crippen LogP contribution in [0.2, 0.25) is 0 Å². The van der Waals surface area contributed by atoms with E-state index < -0.39 is 0 Å². The first kappa shape index (κ1) is 12.9. The molecule has 0 aliphatic carbocycles.